The molecule has 1 amide bonds. The molecule has 2 aromatic rings. The van der Waals surface area contributed by atoms with Gasteiger partial charge < -0.3 is 14.8 Å². The molecule has 1 fully saturated rings. The smallest absolute Gasteiger partial charge is 0.243 e. The molecule has 162 valence electrons. The van der Waals surface area contributed by atoms with Gasteiger partial charge in [-0.25, -0.2) is 8.42 Å². The fourth-order valence-electron chi connectivity index (χ4n) is 3.17. The van der Waals surface area contributed by atoms with Crippen LogP contribution in [0.25, 0.3) is 0 Å². The van der Waals surface area contributed by atoms with Crippen LogP contribution in [0.15, 0.2) is 52.3 Å². The van der Waals surface area contributed by atoms with Crippen molar-refractivity contribution in [2.75, 3.05) is 32.6 Å². The number of methoxy groups -OCH3 is 2. The van der Waals surface area contributed by atoms with Gasteiger partial charge in [-0.15, -0.1) is 11.8 Å². The van der Waals surface area contributed by atoms with Gasteiger partial charge in [0.2, 0.25) is 15.9 Å². The summed E-state index contributed by atoms with van der Waals surface area (Å²) in [7, 11) is -0.506. The van der Waals surface area contributed by atoms with Crippen molar-refractivity contribution in [1.82, 2.24) is 4.31 Å². The van der Waals surface area contributed by atoms with Crippen molar-refractivity contribution in [3.63, 3.8) is 0 Å². The van der Waals surface area contributed by atoms with Gasteiger partial charge in [0.25, 0.3) is 0 Å². The van der Waals surface area contributed by atoms with Gasteiger partial charge in [-0.05, 0) is 62.2 Å². The number of rotatable bonds is 8. The number of anilines is 1. The molecule has 1 heterocycles. The van der Waals surface area contributed by atoms with E-state index >= 15 is 0 Å². The Morgan fingerprint density at radius 1 is 1.07 bits per heavy atom. The van der Waals surface area contributed by atoms with Crippen molar-refractivity contribution < 1.29 is 22.7 Å². The van der Waals surface area contributed by atoms with E-state index in [0.29, 0.717) is 24.5 Å². The maximum atomic E-state index is 12.9. The van der Waals surface area contributed by atoms with E-state index in [9.17, 15) is 13.2 Å². The number of sulfonamides is 1. The van der Waals surface area contributed by atoms with Crippen LogP contribution in [-0.4, -0.2) is 51.2 Å². The van der Waals surface area contributed by atoms with Gasteiger partial charge >= 0.3 is 0 Å². The molecule has 3 rings (SSSR count). The summed E-state index contributed by atoms with van der Waals surface area (Å²) in [5.74, 6) is 0.910. The zero-order valence-electron chi connectivity index (χ0n) is 17.3. The minimum Gasteiger partial charge on any atom is -0.497 e. The zero-order valence-corrected chi connectivity index (χ0v) is 18.9. The summed E-state index contributed by atoms with van der Waals surface area (Å²) in [6.07, 6.45) is 1.72. The lowest BCUT2D eigenvalue weighted by molar-refractivity contribution is -0.115. The Kier molecular flexibility index (Phi) is 7.27. The SMILES string of the molecule is COc1ccc(SC(C)C(=O)Nc2cc(S(=O)(=O)N3CCCC3)ccc2OC)cc1. The molecule has 0 bridgehead atoms. The van der Waals surface area contributed by atoms with Crippen molar-refractivity contribution in [3.8, 4) is 11.5 Å². The summed E-state index contributed by atoms with van der Waals surface area (Å²) in [5, 5.41) is 2.41. The average Bonchev–Trinajstić information content (AvgIpc) is 3.30. The van der Waals surface area contributed by atoms with Gasteiger partial charge in [0.1, 0.15) is 11.5 Å². The molecule has 1 aliphatic heterocycles. The highest BCUT2D eigenvalue weighted by atomic mass is 32.2. The van der Waals surface area contributed by atoms with Crippen LogP contribution in [0, 0.1) is 0 Å². The molecule has 1 atom stereocenters. The van der Waals surface area contributed by atoms with E-state index in [4.69, 9.17) is 9.47 Å². The number of ether oxygens (including phenoxy) is 2. The highest BCUT2D eigenvalue weighted by molar-refractivity contribution is 8.00. The van der Waals surface area contributed by atoms with E-state index in [1.165, 1.54) is 35.3 Å². The Bertz CT molecular complexity index is 987. The molecular formula is C21H26N2O5S2. The van der Waals surface area contributed by atoms with Crippen molar-refractivity contribution in [3.05, 3.63) is 42.5 Å². The second-order valence-electron chi connectivity index (χ2n) is 6.90. The summed E-state index contributed by atoms with van der Waals surface area (Å²) in [4.78, 5) is 13.8. The quantitative estimate of drug-likeness (QED) is 0.619. The third-order valence-electron chi connectivity index (χ3n) is 4.87. The minimum atomic E-state index is -3.59. The number of nitrogens with zero attached hydrogens (tertiary/aromatic N) is 1. The van der Waals surface area contributed by atoms with Crippen LogP contribution in [-0.2, 0) is 14.8 Å². The van der Waals surface area contributed by atoms with E-state index in [1.807, 2.05) is 24.3 Å². The van der Waals surface area contributed by atoms with Gasteiger partial charge in [-0.1, -0.05) is 0 Å². The third-order valence-corrected chi connectivity index (χ3v) is 7.88. The highest BCUT2D eigenvalue weighted by Gasteiger charge is 2.28. The van der Waals surface area contributed by atoms with Crippen molar-refractivity contribution >= 4 is 33.4 Å². The zero-order chi connectivity index (χ0) is 21.7. The third kappa shape index (κ3) is 5.08. The molecule has 9 heteroatoms. The molecule has 1 N–H and O–H groups in total. The lowest BCUT2D eigenvalue weighted by Crippen LogP contribution is -2.28. The van der Waals surface area contributed by atoms with Crippen LogP contribution >= 0.6 is 11.8 Å². The molecule has 1 unspecified atom stereocenters. The van der Waals surface area contributed by atoms with E-state index in [1.54, 1.807) is 20.1 Å². The fraction of sp³-hybridized carbons (Fsp3) is 0.381. The lowest BCUT2D eigenvalue weighted by atomic mass is 10.3. The molecule has 0 radical (unpaired) electrons. The average molecular weight is 451 g/mol. The fourth-order valence-corrected chi connectivity index (χ4v) is 5.58. The van der Waals surface area contributed by atoms with Crippen molar-refractivity contribution in [2.24, 2.45) is 0 Å². The number of carbonyl (C=O) groups excluding carboxylic acids is 1. The first-order valence-corrected chi connectivity index (χ1v) is 12.0. The van der Waals surface area contributed by atoms with E-state index < -0.39 is 15.3 Å². The standard InChI is InChI=1S/C21H26N2O5S2/c1-15(29-17-8-6-16(27-2)7-9-17)21(24)22-19-14-18(10-11-20(19)28-3)30(25,26)23-12-4-5-13-23/h6-11,14-15H,4-5,12-13H2,1-3H3,(H,22,24). The van der Waals surface area contributed by atoms with Crippen molar-refractivity contribution in [1.29, 1.82) is 0 Å². The Balaban J connectivity index is 1.75. The lowest BCUT2D eigenvalue weighted by Gasteiger charge is -2.18. The monoisotopic (exact) mass is 450 g/mol. The van der Waals surface area contributed by atoms with E-state index in [2.05, 4.69) is 5.32 Å². The van der Waals surface area contributed by atoms with Crippen LogP contribution < -0.4 is 14.8 Å². The van der Waals surface area contributed by atoms with Gasteiger partial charge in [-0.3, -0.25) is 4.79 Å². The molecule has 1 aliphatic rings. The number of hydrogen-bond acceptors (Lipinski definition) is 6. The number of benzene rings is 2. The van der Waals surface area contributed by atoms with Crippen LogP contribution in [0.5, 0.6) is 11.5 Å². The summed E-state index contributed by atoms with van der Waals surface area (Å²) in [6.45, 7) is 2.83. The molecular weight excluding hydrogens is 424 g/mol. The molecule has 0 aromatic heterocycles. The first-order valence-electron chi connectivity index (χ1n) is 9.65. The summed E-state index contributed by atoms with van der Waals surface area (Å²) in [6, 6.07) is 12.0. The number of carbonyl (C=O) groups is 1. The maximum Gasteiger partial charge on any atom is 0.243 e. The van der Waals surface area contributed by atoms with Gasteiger partial charge in [0.05, 0.1) is 30.1 Å². The first kappa shape index (κ1) is 22.5. The Hall–Kier alpha value is -2.23. The molecule has 1 saturated heterocycles. The van der Waals surface area contributed by atoms with E-state index in [-0.39, 0.29) is 10.8 Å². The van der Waals surface area contributed by atoms with Gasteiger partial charge in [-0.2, -0.15) is 4.31 Å². The Morgan fingerprint density at radius 3 is 2.33 bits per heavy atom. The topological polar surface area (TPSA) is 84.9 Å². The van der Waals surface area contributed by atoms with Gasteiger partial charge in [0.15, 0.2) is 0 Å². The minimum absolute atomic E-state index is 0.149. The predicted molar refractivity (Wildman–Crippen MR) is 118 cm³/mol. The molecule has 30 heavy (non-hydrogen) atoms. The predicted octanol–water partition coefficient (Wildman–Crippen LogP) is 3.61. The summed E-state index contributed by atoms with van der Waals surface area (Å²) < 4.78 is 37.7. The molecule has 0 spiro atoms. The van der Waals surface area contributed by atoms with E-state index in [0.717, 1.165) is 23.5 Å². The second kappa shape index (κ2) is 9.72. The van der Waals surface area contributed by atoms with Gasteiger partial charge in [0, 0.05) is 18.0 Å². The molecule has 2 aromatic carbocycles. The summed E-state index contributed by atoms with van der Waals surface area (Å²) >= 11 is 1.40. The highest BCUT2D eigenvalue weighted by Crippen LogP contribution is 2.32. The number of hydrogen-bond donors (Lipinski definition) is 1. The van der Waals surface area contributed by atoms with Crippen LogP contribution in [0.4, 0.5) is 5.69 Å². The molecule has 0 aliphatic carbocycles. The first-order chi connectivity index (χ1) is 14.3. The normalized spacial score (nSPS) is 15.6. The number of amides is 1. The Morgan fingerprint density at radius 2 is 1.73 bits per heavy atom. The Labute approximate surface area is 181 Å². The van der Waals surface area contributed by atoms with Crippen LogP contribution in [0.3, 0.4) is 0 Å². The maximum absolute atomic E-state index is 12.9. The van der Waals surface area contributed by atoms with Crippen LogP contribution in [0.1, 0.15) is 19.8 Å². The largest absolute Gasteiger partial charge is 0.497 e. The van der Waals surface area contributed by atoms with Crippen molar-refractivity contribution in [2.45, 2.75) is 34.8 Å². The van der Waals surface area contributed by atoms with Crippen LogP contribution in [0.2, 0.25) is 0 Å². The summed E-state index contributed by atoms with van der Waals surface area (Å²) in [5.41, 5.74) is 0.338. The number of nitrogens with one attached hydrogen (secondary N) is 1. The number of thioether (sulfide) groups is 1. The second-order valence-corrected chi connectivity index (χ2v) is 10.3. The molecule has 7 nitrogen and oxygen atoms in total. The molecule has 0 saturated carbocycles.